The summed E-state index contributed by atoms with van der Waals surface area (Å²) in [7, 11) is 0. The van der Waals surface area contributed by atoms with Crippen LogP contribution in [-0.4, -0.2) is 15.7 Å². The first-order valence-corrected chi connectivity index (χ1v) is 3.97. The van der Waals surface area contributed by atoms with E-state index in [4.69, 9.17) is 0 Å². The molecule has 0 fully saturated rings. The molecule has 13 heavy (non-hydrogen) atoms. The molecule has 0 aromatic heterocycles. The van der Waals surface area contributed by atoms with E-state index in [1.165, 1.54) is 0 Å². The molecule has 0 aliphatic heterocycles. The van der Waals surface area contributed by atoms with Crippen molar-refractivity contribution >= 4 is 20.1 Å². The van der Waals surface area contributed by atoms with Gasteiger partial charge in [-0.15, -0.1) is 0 Å². The molecule has 0 bridgehead atoms. The minimum absolute atomic E-state index is 1.36. The normalized spacial score (nSPS) is 10.3. The van der Waals surface area contributed by atoms with Crippen LogP contribution in [0.5, 0.6) is 0 Å². The minimum Gasteiger partial charge on any atom is -0.423 e. The Morgan fingerprint density at radius 1 is 0.615 bits per heavy atom. The van der Waals surface area contributed by atoms with Crippen LogP contribution >= 0.6 is 0 Å². The van der Waals surface area contributed by atoms with E-state index in [1.54, 1.807) is 0 Å². The molecule has 0 unspecified atom stereocenters. The van der Waals surface area contributed by atoms with Gasteiger partial charge in [0.25, 0.3) is 0 Å². The van der Waals surface area contributed by atoms with E-state index in [1.807, 2.05) is 0 Å². The van der Waals surface area contributed by atoms with Crippen LogP contribution in [0.25, 0.3) is 0 Å². The summed E-state index contributed by atoms with van der Waals surface area (Å²) in [6, 6.07) is 0. The van der Waals surface area contributed by atoms with Crippen molar-refractivity contribution in [1.82, 2.24) is 0 Å². The Labute approximate surface area is 75.4 Å². The minimum atomic E-state index is -2.45. The maximum absolute atomic E-state index is 12.5. The third-order valence-corrected chi connectivity index (χ3v) is 2.08. The monoisotopic (exact) mass is 213 g/mol. The molecule has 0 aliphatic rings. The Morgan fingerprint density at radius 2 is 0.923 bits per heavy atom. The van der Waals surface area contributed by atoms with Gasteiger partial charge in [-0.05, 0) is 4.43 Å². The lowest BCUT2D eigenvalue weighted by molar-refractivity contribution is 0.383. The SMILES string of the molecule is [F][Al][c]1c(F)c(F)c(F)c(F)c1F. The van der Waals surface area contributed by atoms with Crippen LogP contribution in [0.2, 0.25) is 0 Å². The van der Waals surface area contributed by atoms with Crippen molar-refractivity contribution in [2.75, 3.05) is 0 Å². The van der Waals surface area contributed by atoms with Gasteiger partial charge in [-0.2, -0.15) is 0 Å². The van der Waals surface area contributed by atoms with Gasteiger partial charge in [-0.25, -0.2) is 22.0 Å². The molecule has 0 heterocycles. The molecule has 0 atom stereocenters. The van der Waals surface area contributed by atoms with Crippen molar-refractivity contribution in [3.63, 3.8) is 0 Å². The second-order valence-electron chi connectivity index (χ2n) is 2.09. The fraction of sp³-hybridized carbons (Fsp3) is 0. The molecule has 0 saturated heterocycles. The van der Waals surface area contributed by atoms with Crippen LogP contribution in [0.15, 0.2) is 0 Å². The number of halogens is 6. The van der Waals surface area contributed by atoms with E-state index in [-0.39, 0.29) is 0 Å². The standard InChI is InChI=1S/C6F5.Al.FH/c7-2-1-3(8)5(10)6(11)4(2)9;;/h;;1H/q;+1;/p-1. The third-order valence-electron chi connectivity index (χ3n) is 1.35. The fourth-order valence-corrected chi connectivity index (χ4v) is 1.16. The average Bonchev–Trinajstić information content (AvgIpc) is 2.13. The lowest BCUT2D eigenvalue weighted by Gasteiger charge is -2.03. The quantitative estimate of drug-likeness (QED) is 0.287. The Morgan fingerprint density at radius 3 is 1.23 bits per heavy atom. The third kappa shape index (κ3) is 1.54. The molecular formula is C6AlF6. The van der Waals surface area contributed by atoms with E-state index in [0.717, 1.165) is 0 Å². The molecule has 0 spiro atoms. The van der Waals surface area contributed by atoms with Gasteiger partial charge >= 0.3 is 15.7 Å². The summed E-state index contributed by atoms with van der Waals surface area (Å²) in [4.78, 5) is 0. The number of benzene rings is 1. The van der Waals surface area contributed by atoms with E-state index in [9.17, 15) is 25.5 Å². The first-order valence-electron chi connectivity index (χ1n) is 2.95. The molecule has 1 rings (SSSR count). The van der Waals surface area contributed by atoms with Crippen LogP contribution in [0.4, 0.5) is 25.5 Å². The van der Waals surface area contributed by atoms with Gasteiger partial charge in [-0.1, -0.05) is 0 Å². The topological polar surface area (TPSA) is 0 Å². The summed E-state index contributed by atoms with van der Waals surface area (Å²) in [6.45, 7) is 0. The van der Waals surface area contributed by atoms with Gasteiger partial charge in [0, 0.05) is 0 Å². The van der Waals surface area contributed by atoms with Gasteiger partial charge in [0.1, 0.15) is 0 Å². The van der Waals surface area contributed by atoms with Crippen LogP contribution in [-0.2, 0) is 0 Å². The van der Waals surface area contributed by atoms with Crippen LogP contribution in [0, 0.1) is 29.1 Å². The van der Waals surface area contributed by atoms with E-state index in [0.29, 0.717) is 0 Å². The molecule has 7 heteroatoms. The lowest BCUT2D eigenvalue weighted by Crippen LogP contribution is -2.24. The van der Waals surface area contributed by atoms with Gasteiger partial charge < -0.3 is 3.52 Å². The molecule has 0 aliphatic carbocycles. The maximum Gasteiger partial charge on any atom is 0.539 e. The second kappa shape index (κ2) is 3.60. The summed E-state index contributed by atoms with van der Waals surface area (Å²) < 4.78 is 72.3. The van der Waals surface area contributed by atoms with Crippen molar-refractivity contribution in [2.45, 2.75) is 0 Å². The molecule has 0 nitrogen and oxygen atoms in total. The molecular weight excluding hydrogens is 213 g/mol. The molecule has 0 saturated carbocycles. The highest BCUT2D eigenvalue weighted by Crippen LogP contribution is 2.15. The van der Waals surface area contributed by atoms with Gasteiger partial charge in [0.15, 0.2) is 29.1 Å². The Bertz CT molecular complexity index is 320. The van der Waals surface area contributed by atoms with Crippen molar-refractivity contribution in [3.05, 3.63) is 29.1 Å². The lowest BCUT2D eigenvalue weighted by atomic mass is 10.3. The van der Waals surface area contributed by atoms with Crippen LogP contribution in [0.3, 0.4) is 0 Å². The molecule has 1 aromatic rings. The van der Waals surface area contributed by atoms with Crippen molar-refractivity contribution in [1.29, 1.82) is 0 Å². The smallest absolute Gasteiger partial charge is 0.423 e. The molecule has 1 radical (unpaired) electrons. The van der Waals surface area contributed by atoms with Crippen molar-refractivity contribution in [3.8, 4) is 0 Å². The summed E-state index contributed by atoms with van der Waals surface area (Å²) in [5.41, 5.74) is 0. The van der Waals surface area contributed by atoms with Gasteiger partial charge in [-0.3, -0.25) is 0 Å². The zero-order valence-electron chi connectivity index (χ0n) is 5.85. The van der Waals surface area contributed by atoms with Gasteiger partial charge in [0.2, 0.25) is 0 Å². The maximum atomic E-state index is 12.5. The van der Waals surface area contributed by atoms with Gasteiger partial charge in [0.05, 0.1) is 0 Å². The summed E-state index contributed by atoms with van der Waals surface area (Å²) in [5.74, 6) is -10.7. The first kappa shape index (κ1) is 10.4. The highest BCUT2D eigenvalue weighted by Gasteiger charge is 2.26. The van der Waals surface area contributed by atoms with E-state index >= 15 is 0 Å². The summed E-state index contributed by atoms with van der Waals surface area (Å²) in [5, 5.41) is 0. The summed E-state index contributed by atoms with van der Waals surface area (Å²) in [6.07, 6.45) is 0. The first-order chi connectivity index (χ1) is 6.00. The Balaban J connectivity index is 3.56. The Kier molecular flexibility index (Phi) is 2.88. The molecule has 0 amide bonds. The largest absolute Gasteiger partial charge is 0.539 e. The number of rotatable bonds is 1. The van der Waals surface area contributed by atoms with Crippen molar-refractivity contribution < 1.29 is 25.5 Å². The zero-order valence-corrected chi connectivity index (χ0v) is 7.00. The molecule has 69 valence electrons. The van der Waals surface area contributed by atoms with E-state index in [2.05, 4.69) is 0 Å². The van der Waals surface area contributed by atoms with Crippen LogP contribution in [0.1, 0.15) is 0 Å². The fourth-order valence-electron chi connectivity index (χ4n) is 0.718. The highest BCUT2D eigenvalue weighted by molar-refractivity contribution is 6.46. The number of hydrogen-bond acceptors (Lipinski definition) is 0. The van der Waals surface area contributed by atoms with E-state index < -0.39 is 49.2 Å². The molecule has 1 aromatic carbocycles. The molecule has 0 N–H and O–H groups in total. The predicted octanol–water partition coefficient (Wildman–Crippen LogP) is 1.60. The average molecular weight is 213 g/mol. The highest BCUT2D eigenvalue weighted by atomic mass is 27.2. The van der Waals surface area contributed by atoms with Crippen LogP contribution < -0.4 is 4.43 Å². The number of hydrogen-bond donors (Lipinski definition) is 0. The zero-order chi connectivity index (χ0) is 10.2. The predicted molar refractivity (Wildman–Crippen MR) is 32.7 cm³/mol. The second-order valence-corrected chi connectivity index (χ2v) is 2.89. The van der Waals surface area contributed by atoms with Crippen molar-refractivity contribution in [2.24, 2.45) is 0 Å². The Hall–Kier alpha value is -0.668. The summed E-state index contributed by atoms with van der Waals surface area (Å²) >= 11 is -2.45.